The zero-order valence-electron chi connectivity index (χ0n) is 10.4. The van der Waals surface area contributed by atoms with Crippen molar-refractivity contribution in [1.29, 1.82) is 0 Å². The van der Waals surface area contributed by atoms with E-state index in [2.05, 4.69) is 10.3 Å². The summed E-state index contributed by atoms with van der Waals surface area (Å²) >= 11 is 0. The number of aromatic amines is 1. The van der Waals surface area contributed by atoms with Crippen molar-refractivity contribution in [3.8, 4) is 0 Å². The number of fused-ring (bicyclic) bond motifs is 1. The lowest BCUT2D eigenvalue weighted by Gasteiger charge is -2.28. The Labute approximate surface area is 114 Å². The van der Waals surface area contributed by atoms with Gasteiger partial charge >= 0.3 is 0 Å². The Kier molecular flexibility index (Phi) is 2.83. The number of rotatable bonds is 1. The summed E-state index contributed by atoms with van der Waals surface area (Å²) < 4.78 is 0. The average Bonchev–Trinajstić information content (AvgIpc) is 2.46. The standard InChI is InChI=1S/C14H11N3O3/c18-12-8-17(11-6-2-1-5-10(11)16-12)14(20)9-4-3-7-15-13(9)19/h1-7H,8H2,(H,15,19)(H,16,18). The van der Waals surface area contributed by atoms with Gasteiger partial charge in [0.1, 0.15) is 12.1 Å². The maximum absolute atomic E-state index is 12.5. The van der Waals surface area contributed by atoms with Crippen LogP contribution in [0.3, 0.4) is 0 Å². The van der Waals surface area contributed by atoms with Crippen molar-refractivity contribution in [2.75, 3.05) is 16.8 Å². The third-order valence-electron chi connectivity index (χ3n) is 3.06. The van der Waals surface area contributed by atoms with Crippen LogP contribution >= 0.6 is 0 Å². The summed E-state index contributed by atoms with van der Waals surface area (Å²) in [5.41, 5.74) is 0.683. The minimum absolute atomic E-state index is 0.0111. The number of H-pyrrole nitrogens is 1. The Morgan fingerprint density at radius 3 is 2.70 bits per heavy atom. The van der Waals surface area contributed by atoms with Gasteiger partial charge in [0.2, 0.25) is 5.91 Å². The molecule has 0 bridgehead atoms. The van der Waals surface area contributed by atoms with Gasteiger partial charge in [-0.2, -0.15) is 0 Å². The van der Waals surface area contributed by atoms with Crippen molar-refractivity contribution >= 4 is 23.2 Å². The molecule has 2 heterocycles. The van der Waals surface area contributed by atoms with E-state index >= 15 is 0 Å². The van der Waals surface area contributed by atoms with E-state index < -0.39 is 11.5 Å². The third kappa shape index (κ3) is 1.97. The molecular weight excluding hydrogens is 258 g/mol. The molecule has 2 aromatic rings. The zero-order chi connectivity index (χ0) is 14.1. The molecule has 0 fully saturated rings. The molecule has 6 nitrogen and oxygen atoms in total. The van der Waals surface area contributed by atoms with Gasteiger partial charge in [0.05, 0.1) is 11.4 Å². The second kappa shape index (κ2) is 4.65. The summed E-state index contributed by atoms with van der Waals surface area (Å²) in [7, 11) is 0. The highest BCUT2D eigenvalue weighted by molar-refractivity contribution is 6.14. The number of anilines is 2. The fourth-order valence-electron chi connectivity index (χ4n) is 2.15. The minimum Gasteiger partial charge on any atom is -0.328 e. The Balaban J connectivity index is 2.07. The van der Waals surface area contributed by atoms with E-state index in [1.165, 1.54) is 17.2 Å². The average molecular weight is 269 g/mol. The molecule has 0 unspecified atom stereocenters. The van der Waals surface area contributed by atoms with Gasteiger partial charge in [-0.15, -0.1) is 0 Å². The summed E-state index contributed by atoms with van der Waals surface area (Å²) in [5.74, 6) is -0.779. The number of carbonyl (C=O) groups is 2. The Morgan fingerprint density at radius 2 is 1.90 bits per heavy atom. The fourth-order valence-corrected chi connectivity index (χ4v) is 2.15. The summed E-state index contributed by atoms with van der Waals surface area (Å²) in [6.07, 6.45) is 1.45. The lowest BCUT2D eigenvalue weighted by molar-refractivity contribution is -0.115. The molecule has 6 heteroatoms. The zero-order valence-corrected chi connectivity index (χ0v) is 10.4. The van der Waals surface area contributed by atoms with Gasteiger partial charge in [0.15, 0.2) is 0 Å². The number of nitrogens with zero attached hydrogens (tertiary/aromatic N) is 1. The van der Waals surface area contributed by atoms with Crippen molar-refractivity contribution in [3.63, 3.8) is 0 Å². The second-order valence-corrected chi connectivity index (χ2v) is 4.37. The first-order chi connectivity index (χ1) is 9.66. The van der Waals surface area contributed by atoms with Gasteiger partial charge in [0.25, 0.3) is 11.5 Å². The summed E-state index contributed by atoms with van der Waals surface area (Å²) in [5, 5.41) is 2.69. The van der Waals surface area contributed by atoms with Crippen LogP contribution in [0.1, 0.15) is 10.4 Å². The van der Waals surface area contributed by atoms with Crippen molar-refractivity contribution in [2.24, 2.45) is 0 Å². The van der Waals surface area contributed by atoms with E-state index in [0.717, 1.165) is 0 Å². The van der Waals surface area contributed by atoms with Crippen LogP contribution < -0.4 is 15.8 Å². The molecule has 0 aliphatic carbocycles. The molecule has 1 aromatic heterocycles. The van der Waals surface area contributed by atoms with E-state index in [4.69, 9.17) is 0 Å². The highest BCUT2D eigenvalue weighted by Crippen LogP contribution is 2.29. The Hall–Kier alpha value is -2.89. The van der Waals surface area contributed by atoms with Crippen molar-refractivity contribution in [2.45, 2.75) is 0 Å². The molecule has 20 heavy (non-hydrogen) atoms. The molecule has 1 aromatic carbocycles. The Morgan fingerprint density at radius 1 is 1.10 bits per heavy atom. The van der Waals surface area contributed by atoms with Crippen LogP contribution in [0.5, 0.6) is 0 Å². The number of pyridine rings is 1. The number of carbonyl (C=O) groups excluding carboxylic acids is 2. The molecule has 1 aliphatic rings. The van der Waals surface area contributed by atoms with Gasteiger partial charge in [-0.1, -0.05) is 12.1 Å². The van der Waals surface area contributed by atoms with Crippen molar-refractivity contribution in [3.05, 3.63) is 58.5 Å². The Bertz CT molecular complexity index is 751. The number of amides is 2. The minimum atomic E-state index is -0.492. The van der Waals surface area contributed by atoms with Crippen LogP contribution in [0.25, 0.3) is 0 Å². The van der Waals surface area contributed by atoms with E-state index in [0.29, 0.717) is 11.4 Å². The molecule has 0 saturated carbocycles. The largest absolute Gasteiger partial charge is 0.328 e. The van der Waals surface area contributed by atoms with Crippen LogP contribution in [0.4, 0.5) is 11.4 Å². The van der Waals surface area contributed by atoms with E-state index in [-0.39, 0.29) is 18.0 Å². The van der Waals surface area contributed by atoms with Crippen LogP contribution in [0.2, 0.25) is 0 Å². The normalized spacial score (nSPS) is 13.6. The molecule has 1 aliphatic heterocycles. The molecule has 100 valence electrons. The van der Waals surface area contributed by atoms with Gasteiger partial charge in [-0.05, 0) is 24.3 Å². The summed E-state index contributed by atoms with van der Waals surface area (Å²) in [4.78, 5) is 39.6. The molecule has 2 N–H and O–H groups in total. The van der Waals surface area contributed by atoms with E-state index in [9.17, 15) is 14.4 Å². The molecule has 0 saturated heterocycles. The topological polar surface area (TPSA) is 82.3 Å². The van der Waals surface area contributed by atoms with Gasteiger partial charge in [-0.3, -0.25) is 19.3 Å². The van der Waals surface area contributed by atoms with Crippen molar-refractivity contribution < 1.29 is 9.59 Å². The fraction of sp³-hybridized carbons (Fsp3) is 0.0714. The molecule has 0 radical (unpaired) electrons. The second-order valence-electron chi connectivity index (χ2n) is 4.37. The number of aromatic nitrogens is 1. The summed E-state index contributed by atoms with van der Waals surface area (Å²) in [6, 6.07) is 9.99. The molecule has 0 spiro atoms. The highest BCUT2D eigenvalue weighted by Gasteiger charge is 2.28. The first-order valence-corrected chi connectivity index (χ1v) is 6.05. The van der Waals surface area contributed by atoms with Crippen LogP contribution in [0.15, 0.2) is 47.4 Å². The number of benzene rings is 1. The third-order valence-corrected chi connectivity index (χ3v) is 3.06. The number of nitrogens with one attached hydrogen (secondary N) is 2. The predicted molar refractivity (Wildman–Crippen MR) is 73.8 cm³/mol. The van der Waals surface area contributed by atoms with Crippen molar-refractivity contribution in [1.82, 2.24) is 4.98 Å². The number of hydrogen-bond acceptors (Lipinski definition) is 3. The van der Waals surface area contributed by atoms with Crippen LogP contribution in [-0.2, 0) is 4.79 Å². The van der Waals surface area contributed by atoms with Gasteiger partial charge in [0, 0.05) is 6.20 Å². The first kappa shape index (κ1) is 12.2. The molecule has 3 rings (SSSR count). The van der Waals surface area contributed by atoms with Gasteiger partial charge < -0.3 is 10.3 Å². The molecular formula is C14H11N3O3. The number of para-hydroxylation sites is 2. The maximum Gasteiger partial charge on any atom is 0.264 e. The first-order valence-electron chi connectivity index (χ1n) is 6.05. The lowest BCUT2D eigenvalue weighted by Crippen LogP contribution is -2.43. The SMILES string of the molecule is O=C1CN(C(=O)c2ccc[nH]c2=O)c2ccccc2N1. The van der Waals surface area contributed by atoms with E-state index in [1.54, 1.807) is 30.3 Å². The highest BCUT2D eigenvalue weighted by atomic mass is 16.2. The quantitative estimate of drug-likeness (QED) is 0.809. The van der Waals surface area contributed by atoms with Crippen LogP contribution in [0, 0.1) is 0 Å². The smallest absolute Gasteiger partial charge is 0.264 e. The lowest BCUT2D eigenvalue weighted by atomic mass is 10.1. The molecule has 2 amide bonds. The van der Waals surface area contributed by atoms with Gasteiger partial charge in [-0.25, -0.2) is 0 Å². The monoisotopic (exact) mass is 269 g/mol. The molecule has 0 atom stereocenters. The maximum atomic E-state index is 12.5. The number of hydrogen-bond donors (Lipinski definition) is 2. The van der Waals surface area contributed by atoms with Crippen LogP contribution in [-0.4, -0.2) is 23.3 Å². The summed E-state index contributed by atoms with van der Waals surface area (Å²) in [6.45, 7) is -0.107. The van der Waals surface area contributed by atoms with E-state index in [1.807, 2.05) is 0 Å². The predicted octanol–water partition coefficient (Wildman–Crippen LogP) is 0.974.